The molecular weight excluding hydrogens is 252 g/mol. The number of hydrogen-bond donors (Lipinski definition) is 0. The van der Waals surface area contributed by atoms with E-state index in [1.54, 1.807) is 0 Å². The highest BCUT2D eigenvalue weighted by molar-refractivity contribution is 6.29. The van der Waals surface area contributed by atoms with E-state index in [9.17, 15) is 4.79 Å². The maximum Gasteiger partial charge on any atom is 0.358 e. The molecule has 0 aliphatic heterocycles. The predicted molar refractivity (Wildman–Crippen MR) is 70.7 cm³/mol. The summed E-state index contributed by atoms with van der Waals surface area (Å²) in [5.41, 5.74) is 0.194. The van der Waals surface area contributed by atoms with Gasteiger partial charge >= 0.3 is 5.97 Å². The third-order valence-corrected chi connectivity index (χ3v) is 2.80. The molecule has 5 heteroatoms. The summed E-state index contributed by atoms with van der Waals surface area (Å²) < 4.78 is 5.27. The summed E-state index contributed by atoms with van der Waals surface area (Å²) in [5, 5.41) is 0.263. The lowest BCUT2D eigenvalue weighted by molar-refractivity contribution is 0.0312. The molecule has 100 valence electrons. The van der Waals surface area contributed by atoms with E-state index in [0.717, 1.165) is 12.8 Å². The molecule has 1 atom stereocenters. The fraction of sp³-hybridized carbons (Fsp3) is 0.615. The molecule has 0 spiro atoms. The molecule has 1 aromatic rings. The van der Waals surface area contributed by atoms with E-state index < -0.39 is 5.97 Å². The minimum Gasteiger partial charge on any atom is -0.458 e. The van der Waals surface area contributed by atoms with E-state index >= 15 is 0 Å². The van der Waals surface area contributed by atoms with Crippen LogP contribution < -0.4 is 0 Å². The summed E-state index contributed by atoms with van der Waals surface area (Å²) >= 11 is 5.59. The molecule has 0 fully saturated rings. The number of carbonyl (C=O) groups is 1. The van der Waals surface area contributed by atoms with E-state index in [-0.39, 0.29) is 17.0 Å². The van der Waals surface area contributed by atoms with Crippen LogP contribution in [0, 0.1) is 0 Å². The van der Waals surface area contributed by atoms with E-state index in [1.807, 2.05) is 6.92 Å². The Hall–Kier alpha value is -1.16. The van der Waals surface area contributed by atoms with Crippen molar-refractivity contribution in [2.75, 3.05) is 0 Å². The maximum absolute atomic E-state index is 11.7. The van der Waals surface area contributed by atoms with E-state index in [4.69, 9.17) is 16.3 Å². The topological polar surface area (TPSA) is 52.1 Å². The van der Waals surface area contributed by atoms with E-state index in [1.165, 1.54) is 31.7 Å². The van der Waals surface area contributed by atoms with Crippen LogP contribution in [0.4, 0.5) is 0 Å². The lowest BCUT2D eigenvalue weighted by Crippen LogP contribution is -2.16. The van der Waals surface area contributed by atoms with Crippen LogP contribution in [0.5, 0.6) is 0 Å². The van der Waals surface area contributed by atoms with Crippen molar-refractivity contribution in [2.45, 2.75) is 52.1 Å². The number of unbranched alkanes of at least 4 members (excludes halogenated alkanes) is 3. The second-order valence-corrected chi connectivity index (χ2v) is 4.68. The van der Waals surface area contributed by atoms with Crippen molar-refractivity contribution in [3.05, 3.63) is 23.2 Å². The Morgan fingerprint density at radius 1 is 1.33 bits per heavy atom. The van der Waals surface area contributed by atoms with Gasteiger partial charge in [-0.2, -0.15) is 0 Å². The Balaban J connectivity index is 2.33. The lowest BCUT2D eigenvalue weighted by atomic mass is 10.1. The third kappa shape index (κ3) is 5.45. The molecule has 1 aromatic heterocycles. The molecule has 1 unspecified atom stereocenters. The quantitative estimate of drug-likeness (QED) is 0.561. The first-order chi connectivity index (χ1) is 8.63. The van der Waals surface area contributed by atoms with Crippen LogP contribution in [0.25, 0.3) is 0 Å². The maximum atomic E-state index is 11.7. The number of aromatic nitrogens is 2. The monoisotopic (exact) mass is 270 g/mol. The minimum absolute atomic E-state index is 0.0909. The standard InChI is InChI=1S/C13H19ClN2O2/c1-3-4-5-6-7-10(2)18-13(17)11-8-16-12(14)9-15-11/h8-10H,3-7H2,1-2H3. The molecule has 18 heavy (non-hydrogen) atoms. The smallest absolute Gasteiger partial charge is 0.358 e. The number of hydrogen-bond acceptors (Lipinski definition) is 4. The number of ether oxygens (including phenoxy) is 1. The summed E-state index contributed by atoms with van der Waals surface area (Å²) in [6.45, 7) is 4.07. The highest BCUT2D eigenvalue weighted by atomic mass is 35.5. The summed E-state index contributed by atoms with van der Waals surface area (Å²) in [4.78, 5) is 19.4. The van der Waals surface area contributed by atoms with Crippen molar-refractivity contribution in [2.24, 2.45) is 0 Å². The van der Waals surface area contributed by atoms with Gasteiger partial charge < -0.3 is 4.74 Å². The van der Waals surface area contributed by atoms with E-state index in [0.29, 0.717) is 0 Å². The van der Waals surface area contributed by atoms with Gasteiger partial charge in [-0.1, -0.05) is 37.8 Å². The Labute approximate surface area is 113 Å². The van der Waals surface area contributed by atoms with Crippen LogP contribution in [-0.2, 0) is 4.74 Å². The van der Waals surface area contributed by atoms with Crippen LogP contribution in [0.15, 0.2) is 12.4 Å². The first-order valence-corrected chi connectivity index (χ1v) is 6.69. The fourth-order valence-electron chi connectivity index (χ4n) is 1.58. The largest absolute Gasteiger partial charge is 0.458 e. The number of carbonyl (C=O) groups excluding carboxylic acids is 1. The minimum atomic E-state index is -0.442. The molecule has 1 rings (SSSR count). The van der Waals surface area contributed by atoms with Gasteiger partial charge in [-0.25, -0.2) is 14.8 Å². The fourth-order valence-corrected chi connectivity index (χ4v) is 1.68. The van der Waals surface area contributed by atoms with Crippen molar-refractivity contribution >= 4 is 17.6 Å². The first kappa shape index (κ1) is 14.9. The Morgan fingerprint density at radius 3 is 2.72 bits per heavy atom. The highest BCUT2D eigenvalue weighted by Crippen LogP contribution is 2.10. The van der Waals surface area contributed by atoms with Gasteiger partial charge in [0.1, 0.15) is 5.15 Å². The van der Waals surface area contributed by atoms with Crippen LogP contribution in [0.3, 0.4) is 0 Å². The van der Waals surface area contributed by atoms with Crippen molar-refractivity contribution in [1.29, 1.82) is 0 Å². The van der Waals surface area contributed by atoms with Crippen molar-refractivity contribution in [3.63, 3.8) is 0 Å². The van der Waals surface area contributed by atoms with Gasteiger partial charge in [0.2, 0.25) is 0 Å². The van der Waals surface area contributed by atoms with E-state index in [2.05, 4.69) is 16.9 Å². The Morgan fingerprint density at radius 2 is 2.11 bits per heavy atom. The molecule has 0 aliphatic carbocycles. The molecule has 1 heterocycles. The van der Waals surface area contributed by atoms with Gasteiger partial charge in [0.25, 0.3) is 0 Å². The van der Waals surface area contributed by atoms with Gasteiger partial charge in [-0.15, -0.1) is 0 Å². The molecular formula is C13H19ClN2O2. The van der Waals surface area contributed by atoms with Gasteiger partial charge in [0, 0.05) is 0 Å². The second-order valence-electron chi connectivity index (χ2n) is 4.29. The van der Waals surface area contributed by atoms with Gasteiger partial charge in [-0.05, 0) is 19.8 Å². The first-order valence-electron chi connectivity index (χ1n) is 6.32. The number of esters is 1. The summed E-state index contributed by atoms with van der Waals surface area (Å²) in [6.07, 6.45) is 8.14. The second kappa shape index (κ2) is 8.03. The van der Waals surface area contributed by atoms with Gasteiger partial charge in [-0.3, -0.25) is 0 Å². The number of nitrogens with zero attached hydrogens (tertiary/aromatic N) is 2. The molecule has 0 bridgehead atoms. The zero-order valence-corrected chi connectivity index (χ0v) is 11.6. The van der Waals surface area contributed by atoms with Gasteiger partial charge in [0.05, 0.1) is 18.5 Å². The average molecular weight is 271 g/mol. The van der Waals surface area contributed by atoms with Crippen LogP contribution in [0.1, 0.15) is 56.4 Å². The zero-order valence-electron chi connectivity index (χ0n) is 10.9. The lowest BCUT2D eigenvalue weighted by Gasteiger charge is -2.12. The SMILES string of the molecule is CCCCCCC(C)OC(=O)c1cnc(Cl)cn1. The third-order valence-electron chi connectivity index (χ3n) is 2.60. The molecule has 0 saturated heterocycles. The zero-order chi connectivity index (χ0) is 13.4. The van der Waals surface area contributed by atoms with Crippen LogP contribution in [0.2, 0.25) is 5.15 Å². The van der Waals surface area contributed by atoms with Crippen LogP contribution in [-0.4, -0.2) is 22.0 Å². The molecule has 0 aromatic carbocycles. The molecule has 4 nitrogen and oxygen atoms in total. The highest BCUT2D eigenvalue weighted by Gasteiger charge is 2.13. The molecule has 0 N–H and O–H groups in total. The molecule has 0 saturated carbocycles. The Kier molecular flexibility index (Phi) is 6.65. The van der Waals surface area contributed by atoms with Gasteiger partial charge in [0.15, 0.2) is 5.69 Å². The summed E-state index contributed by atoms with van der Waals surface area (Å²) in [7, 11) is 0. The average Bonchev–Trinajstić information content (AvgIpc) is 2.35. The van der Waals surface area contributed by atoms with Crippen molar-refractivity contribution in [1.82, 2.24) is 9.97 Å². The number of halogens is 1. The summed E-state index contributed by atoms with van der Waals surface area (Å²) in [6, 6.07) is 0. The summed E-state index contributed by atoms with van der Waals surface area (Å²) in [5.74, 6) is -0.442. The number of rotatable bonds is 7. The van der Waals surface area contributed by atoms with Crippen LogP contribution >= 0.6 is 11.6 Å². The van der Waals surface area contributed by atoms with Crippen molar-refractivity contribution < 1.29 is 9.53 Å². The Bertz CT molecular complexity index is 368. The molecule has 0 aliphatic rings. The van der Waals surface area contributed by atoms with Crippen molar-refractivity contribution in [3.8, 4) is 0 Å². The molecule has 0 amide bonds. The normalized spacial score (nSPS) is 12.2. The predicted octanol–water partition coefficient (Wildman–Crippen LogP) is 3.65. The molecule has 0 radical (unpaired) electrons.